The molecule has 0 saturated carbocycles. The molecule has 0 aromatic heterocycles. The minimum Gasteiger partial charge on any atom is -0.0707 e. The first-order chi connectivity index (χ1) is 5.92. The predicted molar refractivity (Wildman–Crippen MR) is 53.1 cm³/mol. The fourth-order valence-corrected chi connectivity index (χ4v) is 3.01. The van der Waals surface area contributed by atoms with E-state index >= 15 is 0 Å². The first-order valence-corrected chi connectivity index (χ1v) is 5.62. The fraction of sp³-hybridized carbons (Fsp3) is 0.833. The lowest BCUT2D eigenvalue weighted by atomic mass is 9.82. The zero-order valence-corrected chi connectivity index (χ0v) is 8.23. The molecule has 0 spiro atoms. The summed E-state index contributed by atoms with van der Waals surface area (Å²) in [5.41, 5.74) is 3.75. The second-order valence-corrected chi connectivity index (χ2v) is 4.36. The topological polar surface area (TPSA) is 0 Å². The highest BCUT2D eigenvalue weighted by Crippen LogP contribution is 2.42. The Labute approximate surface area is 76.1 Å². The average molecular weight is 164 g/mol. The molecule has 0 heterocycles. The third kappa shape index (κ3) is 1.44. The van der Waals surface area contributed by atoms with Crippen molar-refractivity contribution in [2.24, 2.45) is 5.92 Å². The van der Waals surface area contributed by atoms with Gasteiger partial charge in [-0.1, -0.05) is 24.5 Å². The van der Waals surface area contributed by atoms with Crippen LogP contribution in [0.25, 0.3) is 0 Å². The summed E-state index contributed by atoms with van der Waals surface area (Å²) in [6, 6.07) is 0. The monoisotopic (exact) mass is 164 g/mol. The molecule has 0 radical (unpaired) electrons. The Morgan fingerprint density at radius 1 is 1.17 bits per heavy atom. The van der Waals surface area contributed by atoms with Gasteiger partial charge in [-0.15, -0.1) is 0 Å². The normalized spacial score (nSPS) is 29.2. The van der Waals surface area contributed by atoms with Gasteiger partial charge in [0.05, 0.1) is 0 Å². The van der Waals surface area contributed by atoms with Crippen molar-refractivity contribution in [1.29, 1.82) is 0 Å². The van der Waals surface area contributed by atoms with Gasteiger partial charge in [0.2, 0.25) is 0 Å². The third-order valence-electron chi connectivity index (χ3n) is 3.54. The summed E-state index contributed by atoms with van der Waals surface area (Å²) >= 11 is 0. The molecule has 0 bridgehead atoms. The van der Waals surface area contributed by atoms with E-state index in [0.29, 0.717) is 0 Å². The summed E-state index contributed by atoms with van der Waals surface area (Å²) in [6.07, 6.45) is 11.6. The van der Waals surface area contributed by atoms with Gasteiger partial charge in [0, 0.05) is 0 Å². The highest BCUT2D eigenvalue weighted by atomic mass is 14.3. The predicted octanol–water partition coefficient (Wildman–Crippen LogP) is 4.07. The van der Waals surface area contributed by atoms with Crippen LogP contribution in [-0.2, 0) is 0 Å². The third-order valence-corrected chi connectivity index (χ3v) is 3.54. The summed E-state index contributed by atoms with van der Waals surface area (Å²) in [7, 11) is 0. The van der Waals surface area contributed by atoms with Crippen molar-refractivity contribution in [2.45, 2.75) is 58.3 Å². The summed E-state index contributed by atoms with van der Waals surface area (Å²) < 4.78 is 0. The molecule has 1 unspecified atom stereocenters. The van der Waals surface area contributed by atoms with E-state index < -0.39 is 0 Å². The maximum absolute atomic E-state index is 2.32. The summed E-state index contributed by atoms with van der Waals surface area (Å²) in [4.78, 5) is 0. The van der Waals surface area contributed by atoms with Gasteiger partial charge in [0.15, 0.2) is 0 Å². The first kappa shape index (κ1) is 8.34. The minimum absolute atomic E-state index is 1.00. The van der Waals surface area contributed by atoms with Crippen LogP contribution in [0.1, 0.15) is 58.3 Å². The van der Waals surface area contributed by atoms with Crippen LogP contribution in [0.15, 0.2) is 11.1 Å². The second-order valence-electron chi connectivity index (χ2n) is 4.36. The Morgan fingerprint density at radius 2 is 2.00 bits per heavy atom. The van der Waals surface area contributed by atoms with Gasteiger partial charge in [0.25, 0.3) is 0 Å². The van der Waals surface area contributed by atoms with E-state index in [1.165, 1.54) is 51.4 Å². The van der Waals surface area contributed by atoms with Crippen LogP contribution in [0, 0.1) is 5.92 Å². The molecule has 1 atom stereocenters. The lowest BCUT2D eigenvalue weighted by Crippen LogP contribution is -2.09. The molecule has 0 aromatic carbocycles. The average Bonchev–Trinajstić information content (AvgIpc) is 2.53. The van der Waals surface area contributed by atoms with Crippen LogP contribution in [0.3, 0.4) is 0 Å². The molecule has 2 rings (SSSR count). The summed E-state index contributed by atoms with van der Waals surface area (Å²) in [5, 5.41) is 0. The van der Waals surface area contributed by atoms with Crippen LogP contribution in [-0.4, -0.2) is 0 Å². The number of allylic oxidation sites excluding steroid dienone is 2. The Kier molecular flexibility index (Phi) is 2.53. The van der Waals surface area contributed by atoms with Crippen LogP contribution >= 0.6 is 0 Å². The van der Waals surface area contributed by atoms with Crippen molar-refractivity contribution in [3.05, 3.63) is 11.1 Å². The van der Waals surface area contributed by atoms with Crippen molar-refractivity contribution in [2.75, 3.05) is 0 Å². The number of rotatable bonds is 2. The number of hydrogen-bond acceptors (Lipinski definition) is 0. The van der Waals surface area contributed by atoms with Crippen molar-refractivity contribution < 1.29 is 0 Å². The molecule has 0 saturated heterocycles. The summed E-state index contributed by atoms with van der Waals surface area (Å²) in [6.45, 7) is 2.32. The molecule has 2 aliphatic rings. The van der Waals surface area contributed by atoms with E-state index in [1.54, 1.807) is 0 Å². The van der Waals surface area contributed by atoms with Crippen LogP contribution < -0.4 is 0 Å². The van der Waals surface area contributed by atoms with E-state index in [4.69, 9.17) is 0 Å². The SMILES string of the molecule is CCCC1CCCC2=C1CCC2. The van der Waals surface area contributed by atoms with Gasteiger partial charge in [0.1, 0.15) is 0 Å². The lowest BCUT2D eigenvalue weighted by Gasteiger charge is -2.24. The van der Waals surface area contributed by atoms with E-state index in [9.17, 15) is 0 Å². The quantitative estimate of drug-likeness (QED) is 0.540. The van der Waals surface area contributed by atoms with Crippen molar-refractivity contribution in [1.82, 2.24) is 0 Å². The Bertz CT molecular complexity index is 188. The molecule has 2 aliphatic carbocycles. The van der Waals surface area contributed by atoms with Gasteiger partial charge in [-0.2, -0.15) is 0 Å². The zero-order valence-electron chi connectivity index (χ0n) is 8.23. The standard InChI is InChI=1S/C12H20/c1-2-5-10-6-3-7-11-8-4-9-12(10)11/h10H,2-9H2,1H3. The highest BCUT2D eigenvalue weighted by Gasteiger charge is 2.25. The second kappa shape index (κ2) is 3.64. The molecular weight excluding hydrogens is 144 g/mol. The molecule has 12 heavy (non-hydrogen) atoms. The smallest absolute Gasteiger partial charge is 0.0201 e. The van der Waals surface area contributed by atoms with Crippen molar-refractivity contribution in [3.8, 4) is 0 Å². The number of hydrogen-bond donors (Lipinski definition) is 0. The molecule has 0 fully saturated rings. The van der Waals surface area contributed by atoms with Gasteiger partial charge in [-0.3, -0.25) is 0 Å². The molecule has 0 amide bonds. The molecule has 0 nitrogen and oxygen atoms in total. The maximum atomic E-state index is 2.32. The van der Waals surface area contributed by atoms with Crippen LogP contribution in [0.5, 0.6) is 0 Å². The molecular formula is C12H20. The molecule has 68 valence electrons. The maximum Gasteiger partial charge on any atom is -0.0201 e. The first-order valence-electron chi connectivity index (χ1n) is 5.62. The highest BCUT2D eigenvalue weighted by molar-refractivity contribution is 5.24. The van der Waals surface area contributed by atoms with Gasteiger partial charge >= 0.3 is 0 Å². The molecule has 0 heteroatoms. The zero-order chi connectivity index (χ0) is 8.39. The van der Waals surface area contributed by atoms with E-state index in [-0.39, 0.29) is 0 Å². The van der Waals surface area contributed by atoms with Crippen molar-refractivity contribution in [3.63, 3.8) is 0 Å². The Balaban J connectivity index is 2.08. The van der Waals surface area contributed by atoms with Crippen LogP contribution in [0.4, 0.5) is 0 Å². The van der Waals surface area contributed by atoms with E-state index in [2.05, 4.69) is 6.92 Å². The largest absolute Gasteiger partial charge is 0.0707 e. The summed E-state index contributed by atoms with van der Waals surface area (Å²) in [5.74, 6) is 1.00. The Morgan fingerprint density at radius 3 is 2.83 bits per heavy atom. The fourth-order valence-electron chi connectivity index (χ4n) is 3.01. The van der Waals surface area contributed by atoms with Crippen molar-refractivity contribution >= 4 is 0 Å². The lowest BCUT2D eigenvalue weighted by molar-refractivity contribution is 0.459. The van der Waals surface area contributed by atoms with Crippen LogP contribution in [0.2, 0.25) is 0 Å². The van der Waals surface area contributed by atoms with Gasteiger partial charge < -0.3 is 0 Å². The molecule has 0 N–H and O–H groups in total. The minimum atomic E-state index is 1.00. The molecule has 0 aromatic rings. The van der Waals surface area contributed by atoms with Gasteiger partial charge in [-0.05, 0) is 50.9 Å². The van der Waals surface area contributed by atoms with E-state index in [0.717, 1.165) is 5.92 Å². The molecule has 0 aliphatic heterocycles. The van der Waals surface area contributed by atoms with Gasteiger partial charge in [-0.25, -0.2) is 0 Å². The Hall–Kier alpha value is -0.260. The van der Waals surface area contributed by atoms with E-state index in [1.807, 2.05) is 11.1 Å².